The summed E-state index contributed by atoms with van der Waals surface area (Å²) in [4.78, 5) is 22.8. The number of hydrogen-bond donors (Lipinski definition) is 3. The molecule has 120 valence electrons. The quantitative estimate of drug-likeness (QED) is 0.767. The van der Waals surface area contributed by atoms with Crippen LogP contribution >= 0.6 is 0 Å². The van der Waals surface area contributed by atoms with Crippen molar-refractivity contribution >= 4 is 11.9 Å². The number of benzene rings is 1. The van der Waals surface area contributed by atoms with Crippen LogP contribution in [0.1, 0.15) is 25.3 Å². The van der Waals surface area contributed by atoms with Crippen molar-refractivity contribution in [1.29, 1.82) is 0 Å². The summed E-state index contributed by atoms with van der Waals surface area (Å²) >= 11 is 0. The topological polar surface area (TPSA) is 86.6 Å². The van der Waals surface area contributed by atoms with Crippen LogP contribution in [0.25, 0.3) is 0 Å². The van der Waals surface area contributed by atoms with Gasteiger partial charge in [-0.15, -0.1) is 0 Å². The molecule has 1 aromatic carbocycles. The molecule has 1 aromatic rings. The van der Waals surface area contributed by atoms with Crippen molar-refractivity contribution in [2.75, 3.05) is 6.54 Å². The van der Waals surface area contributed by atoms with E-state index >= 15 is 0 Å². The van der Waals surface area contributed by atoms with Crippen LogP contribution in [-0.4, -0.2) is 28.6 Å². The van der Waals surface area contributed by atoms with Crippen molar-refractivity contribution in [2.45, 2.75) is 25.4 Å². The van der Waals surface area contributed by atoms with Gasteiger partial charge in [0.15, 0.2) is 0 Å². The summed E-state index contributed by atoms with van der Waals surface area (Å²) in [6.45, 7) is 0.996. The molecule has 0 bridgehead atoms. The molecule has 0 heterocycles. The van der Waals surface area contributed by atoms with Gasteiger partial charge in [0.25, 0.3) is 0 Å². The van der Waals surface area contributed by atoms with Crippen LogP contribution in [0.3, 0.4) is 0 Å². The third-order valence-corrected chi connectivity index (χ3v) is 4.05. The molecule has 0 saturated heterocycles. The Bertz CT molecular complexity index is 603. The molecule has 3 N–H and O–H groups in total. The van der Waals surface area contributed by atoms with Gasteiger partial charge in [0, 0.05) is 11.6 Å². The van der Waals surface area contributed by atoms with E-state index in [4.69, 9.17) is 5.11 Å². The zero-order valence-corrected chi connectivity index (χ0v) is 12.0. The van der Waals surface area contributed by atoms with Crippen molar-refractivity contribution in [3.63, 3.8) is 0 Å². The van der Waals surface area contributed by atoms with Gasteiger partial charge in [0.05, 0.1) is 18.4 Å². The maximum absolute atomic E-state index is 13.7. The lowest BCUT2D eigenvalue weighted by Crippen LogP contribution is -2.47. The standard InChI is InChI=1S/C15H17F2NO4/c1-15(22,11-5-2-8(16)6-12(11)17)7-18-13(19)9-3-4-10(9)14(20)21/h2,5-6,9-10,22H,3-4,7H2,1H3,(H,18,19)(H,20,21). The third-order valence-electron chi connectivity index (χ3n) is 4.05. The molecular formula is C15H17F2NO4. The number of carbonyl (C=O) groups is 2. The average molecular weight is 313 g/mol. The maximum atomic E-state index is 13.7. The van der Waals surface area contributed by atoms with Gasteiger partial charge in [0.1, 0.15) is 17.2 Å². The largest absolute Gasteiger partial charge is 0.481 e. The fourth-order valence-electron chi connectivity index (χ4n) is 2.52. The number of carboxylic acid groups (broad SMARTS) is 1. The predicted molar refractivity (Wildman–Crippen MR) is 72.8 cm³/mol. The van der Waals surface area contributed by atoms with E-state index < -0.39 is 40.9 Å². The number of hydrogen-bond acceptors (Lipinski definition) is 3. The molecule has 0 aromatic heterocycles. The van der Waals surface area contributed by atoms with Crippen molar-refractivity contribution in [1.82, 2.24) is 5.32 Å². The molecule has 0 radical (unpaired) electrons. The van der Waals surface area contributed by atoms with Crippen LogP contribution in [0, 0.1) is 23.5 Å². The van der Waals surface area contributed by atoms with E-state index in [-0.39, 0.29) is 12.1 Å². The Labute approximate surface area is 126 Å². The number of aliphatic hydroxyl groups is 1. The second-order valence-electron chi connectivity index (χ2n) is 5.74. The van der Waals surface area contributed by atoms with E-state index in [0.29, 0.717) is 18.9 Å². The second kappa shape index (κ2) is 6.00. The summed E-state index contributed by atoms with van der Waals surface area (Å²) in [5, 5.41) is 21.6. The minimum absolute atomic E-state index is 0.141. The zero-order valence-electron chi connectivity index (χ0n) is 12.0. The maximum Gasteiger partial charge on any atom is 0.307 e. The number of rotatable bonds is 5. The smallest absolute Gasteiger partial charge is 0.307 e. The number of halogens is 2. The molecule has 2 rings (SSSR count). The van der Waals surface area contributed by atoms with E-state index in [2.05, 4.69) is 5.32 Å². The highest BCUT2D eigenvalue weighted by Gasteiger charge is 2.41. The molecule has 1 aliphatic carbocycles. The lowest BCUT2D eigenvalue weighted by atomic mass is 9.73. The number of carbonyl (C=O) groups excluding carboxylic acids is 1. The third kappa shape index (κ3) is 3.24. The highest BCUT2D eigenvalue weighted by molar-refractivity contribution is 5.86. The molecule has 0 aliphatic heterocycles. The van der Waals surface area contributed by atoms with Gasteiger partial charge in [-0.05, 0) is 25.8 Å². The number of amides is 1. The van der Waals surface area contributed by atoms with E-state index in [1.54, 1.807) is 0 Å². The summed E-state index contributed by atoms with van der Waals surface area (Å²) in [6, 6.07) is 2.78. The summed E-state index contributed by atoms with van der Waals surface area (Å²) in [7, 11) is 0. The van der Waals surface area contributed by atoms with Crippen LogP contribution < -0.4 is 5.32 Å². The van der Waals surface area contributed by atoms with Crippen LogP contribution in [0.4, 0.5) is 8.78 Å². The first-order chi connectivity index (χ1) is 10.2. The Morgan fingerprint density at radius 2 is 1.95 bits per heavy atom. The van der Waals surface area contributed by atoms with Crippen molar-refractivity contribution < 1.29 is 28.6 Å². The lowest BCUT2D eigenvalue weighted by molar-refractivity contribution is -0.153. The Morgan fingerprint density at radius 3 is 2.45 bits per heavy atom. The molecule has 1 saturated carbocycles. The van der Waals surface area contributed by atoms with Gasteiger partial charge in [-0.2, -0.15) is 0 Å². The van der Waals surface area contributed by atoms with Gasteiger partial charge in [0.2, 0.25) is 5.91 Å². The highest BCUT2D eigenvalue weighted by atomic mass is 19.1. The van der Waals surface area contributed by atoms with Gasteiger partial charge in [-0.3, -0.25) is 9.59 Å². The molecule has 3 atom stereocenters. The first-order valence-corrected chi connectivity index (χ1v) is 6.91. The minimum Gasteiger partial charge on any atom is -0.481 e. The molecule has 0 spiro atoms. The molecule has 1 aliphatic rings. The van der Waals surface area contributed by atoms with Gasteiger partial charge in [-0.25, -0.2) is 8.78 Å². The van der Waals surface area contributed by atoms with Crippen molar-refractivity contribution in [3.05, 3.63) is 35.4 Å². The minimum atomic E-state index is -1.73. The summed E-state index contributed by atoms with van der Waals surface area (Å²) < 4.78 is 26.6. The average Bonchev–Trinajstić information content (AvgIpc) is 2.34. The zero-order chi connectivity index (χ0) is 16.5. The van der Waals surface area contributed by atoms with Crippen LogP contribution in [0.5, 0.6) is 0 Å². The van der Waals surface area contributed by atoms with Crippen LogP contribution in [0.15, 0.2) is 18.2 Å². The molecule has 5 nitrogen and oxygen atoms in total. The molecule has 7 heteroatoms. The molecule has 1 fully saturated rings. The highest BCUT2D eigenvalue weighted by Crippen LogP contribution is 2.34. The van der Waals surface area contributed by atoms with Crippen LogP contribution in [0.2, 0.25) is 0 Å². The second-order valence-corrected chi connectivity index (χ2v) is 5.74. The number of aliphatic carboxylic acids is 1. The lowest BCUT2D eigenvalue weighted by Gasteiger charge is -2.33. The first-order valence-electron chi connectivity index (χ1n) is 6.91. The number of carboxylic acids is 1. The first kappa shape index (κ1) is 16.4. The van der Waals surface area contributed by atoms with Crippen molar-refractivity contribution in [3.8, 4) is 0 Å². The van der Waals surface area contributed by atoms with Gasteiger partial charge >= 0.3 is 5.97 Å². The monoisotopic (exact) mass is 313 g/mol. The fraction of sp³-hybridized carbons (Fsp3) is 0.467. The Hall–Kier alpha value is -2.02. The normalized spacial score (nSPS) is 23.3. The van der Waals surface area contributed by atoms with E-state index in [1.807, 2.05) is 0 Å². The Kier molecular flexibility index (Phi) is 4.46. The Balaban J connectivity index is 2.00. The van der Waals surface area contributed by atoms with Crippen LogP contribution in [-0.2, 0) is 15.2 Å². The predicted octanol–water partition coefficient (Wildman–Crippen LogP) is 1.40. The van der Waals surface area contributed by atoms with E-state index in [0.717, 1.165) is 12.1 Å². The molecular weight excluding hydrogens is 296 g/mol. The van der Waals surface area contributed by atoms with Gasteiger partial charge in [-0.1, -0.05) is 6.07 Å². The Morgan fingerprint density at radius 1 is 1.32 bits per heavy atom. The number of nitrogens with one attached hydrogen (secondary N) is 1. The molecule has 22 heavy (non-hydrogen) atoms. The summed E-state index contributed by atoms with van der Waals surface area (Å²) in [6.07, 6.45) is 0.909. The van der Waals surface area contributed by atoms with E-state index in [9.17, 15) is 23.5 Å². The summed E-state index contributed by atoms with van der Waals surface area (Å²) in [5.41, 5.74) is -1.87. The molecule has 3 unspecified atom stereocenters. The molecule has 1 amide bonds. The van der Waals surface area contributed by atoms with Gasteiger partial charge < -0.3 is 15.5 Å². The summed E-state index contributed by atoms with van der Waals surface area (Å²) in [5.74, 6) is -4.53. The van der Waals surface area contributed by atoms with E-state index in [1.165, 1.54) is 6.92 Å². The fourth-order valence-corrected chi connectivity index (χ4v) is 2.52. The SMILES string of the molecule is CC(O)(CNC(=O)C1CCC1C(=O)O)c1ccc(F)cc1F. The van der Waals surface area contributed by atoms with Crippen molar-refractivity contribution in [2.24, 2.45) is 11.8 Å².